The van der Waals surface area contributed by atoms with Gasteiger partial charge in [-0.25, -0.2) is 4.79 Å². The molecule has 0 bridgehead atoms. The molecular weight excluding hydrogens is 549 g/mol. The van der Waals surface area contributed by atoms with E-state index in [9.17, 15) is 49.1 Å². The highest BCUT2D eigenvalue weighted by atomic mass is 19.4. The Balaban J connectivity index is 1.71. The standard InChI is InChI=1S/C25H24F9NO4/c26-23(27,28)18-7-10-20(24(29,30)31)17(15-18)4-2-14-38-19-8-5-16(6-9-19)3-1-12-35-13-11-21(36)39-22(37)25(32,33)34/h5-10,15,35H,1-4,11-14H2. The van der Waals surface area contributed by atoms with Crippen molar-refractivity contribution in [2.24, 2.45) is 0 Å². The van der Waals surface area contributed by atoms with Crippen LogP contribution < -0.4 is 10.1 Å². The summed E-state index contributed by atoms with van der Waals surface area (Å²) in [7, 11) is 0. The van der Waals surface area contributed by atoms with E-state index in [1.165, 1.54) is 0 Å². The molecule has 216 valence electrons. The zero-order chi connectivity index (χ0) is 29.3. The number of benzene rings is 2. The molecule has 1 N–H and O–H groups in total. The largest absolute Gasteiger partial charge is 0.494 e. The molecule has 0 amide bonds. The van der Waals surface area contributed by atoms with Gasteiger partial charge in [0.25, 0.3) is 0 Å². The first-order valence-electron chi connectivity index (χ1n) is 11.6. The molecule has 5 nitrogen and oxygen atoms in total. The van der Waals surface area contributed by atoms with Crippen LogP contribution in [0.5, 0.6) is 5.75 Å². The van der Waals surface area contributed by atoms with E-state index >= 15 is 0 Å². The third kappa shape index (κ3) is 11.2. The van der Waals surface area contributed by atoms with Gasteiger partial charge in [0.15, 0.2) is 0 Å². The summed E-state index contributed by atoms with van der Waals surface area (Å²) in [5.41, 5.74) is -1.84. The SMILES string of the molecule is O=C(CCNCCCc1ccc(OCCCc2cc(C(F)(F)F)ccc2C(F)(F)F)cc1)OC(=O)C(F)(F)F. The average molecular weight is 573 g/mol. The number of esters is 2. The second kappa shape index (κ2) is 13.7. The molecule has 0 aromatic heterocycles. The van der Waals surface area contributed by atoms with E-state index in [-0.39, 0.29) is 26.0 Å². The molecule has 2 aromatic carbocycles. The number of ether oxygens (including phenoxy) is 2. The molecule has 39 heavy (non-hydrogen) atoms. The number of alkyl halides is 9. The third-order valence-corrected chi connectivity index (χ3v) is 5.28. The molecular formula is C25H24F9NO4. The van der Waals surface area contributed by atoms with Gasteiger partial charge in [-0.3, -0.25) is 4.79 Å². The summed E-state index contributed by atoms with van der Waals surface area (Å²) in [6, 6.07) is 8.08. The van der Waals surface area contributed by atoms with Gasteiger partial charge in [-0.05, 0) is 73.7 Å². The van der Waals surface area contributed by atoms with Crippen molar-refractivity contribution in [3.05, 3.63) is 64.7 Å². The van der Waals surface area contributed by atoms with Crippen LogP contribution in [0.1, 0.15) is 41.5 Å². The smallest absolute Gasteiger partial charge is 0.491 e. The minimum atomic E-state index is -5.24. The molecule has 14 heteroatoms. The van der Waals surface area contributed by atoms with Crippen molar-refractivity contribution in [1.29, 1.82) is 0 Å². The Morgan fingerprint density at radius 2 is 1.44 bits per heavy atom. The van der Waals surface area contributed by atoms with Crippen molar-refractivity contribution >= 4 is 11.9 Å². The molecule has 0 atom stereocenters. The fraction of sp³-hybridized carbons (Fsp3) is 0.440. The zero-order valence-corrected chi connectivity index (χ0v) is 20.2. The van der Waals surface area contributed by atoms with Gasteiger partial charge >= 0.3 is 30.5 Å². The molecule has 0 fully saturated rings. The van der Waals surface area contributed by atoms with E-state index in [4.69, 9.17) is 4.74 Å². The van der Waals surface area contributed by atoms with Crippen LogP contribution in [0.25, 0.3) is 0 Å². The molecule has 0 aliphatic heterocycles. The number of aryl methyl sites for hydroxylation is 2. The van der Waals surface area contributed by atoms with Crippen LogP contribution in [0.15, 0.2) is 42.5 Å². The lowest BCUT2D eigenvalue weighted by atomic mass is 9.99. The van der Waals surface area contributed by atoms with Crippen molar-refractivity contribution in [3.63, 3.8) is 0 Å². The van der Waals surface area contributed by atoms with Crippen LogP contribution in [-0.4, -0.2) is 37.8 Å². The third-order valence-electron chi connectivity index (χ3n) is 5.28. The van der Waals surface area contributed by atoms with E-state index in [0.717, 1.165) is 5.56 Å². The highest BCUT2D eigenvalue weighted by Crippen LogP contribution is 2.37. The van der Waals surface area contributed by atoms with Crippen molar-refractivity contribution in [2.45, 2.75) is 50.6 Å². The first-order valence-corrected chi connectivity index (χ1v) is 11.6. The fourth-order valence-corrected chi connectivity index (χ4v) is 3.40. The molecule has 2 rings (SSSR count). The summed E-state index contributed by atoms with van der Waals surface area (Å²) >= 11 is 0. The first-order chi connectivity index (χ1) is 18.1. The Morgan fingerprint density at radius 1 is 0.769 bits per heavy atom. The van der Waals surface area contributed by atoms with E-state index in [2.05, 4.69) is 10.1 Å². The highest BCUT2D eigenvalue weighted by molar-refractivity contribution is 5.88. The van der Waals surface area contributed by atoms with E-state index in [0.29, 0.717) is 43.3 Å². The Bertz CT molecular complexity index is 1090. The molecule has 0 saturated heterocycles. The van der Waals surface area contributed by atoms with Crippen LogP contribution in [-0.2, 0) is 39.5 Å². The van der Waals surface area contributed by atoms with Crippen molar-refractivity contribution in [1.82, 2.24) is 5.32 Å². The van der Waals surface area contributed by atoms with Crippen LogP contribution in [0.2, 0.25) is 0 Å². The lowest BCUT2D eigenvalue weighted by Gasteiger charge is -2.16. The van der Waals surface area contributed by atoms with Crippen molar-refractivity contribution in [2.75, 3.05) is 19.7 Å². The van der Waals surface area contributed by atoms with Gasteiger partial charge in [-0.1, -0.05) is 12.1 Å². The van der Waals surface area contributed by atoms with Crippen LogP contribution in [0.4, 0.5) is 39.5 Å². The first kappa shape index (κ1) is 31.9. The number of carbonyl (C=O) groups excluding carboxylic acids is 2. The molecule has 0 heterocycles. The molecule has 0 saturated carbocycles. The fourth-order valence-electron chi connectivity index (χ4n) is 3.40. The van der Waals surface area contributed by atoms with Crippen LogP contribution in [0, 0.1) is 0 Å². The summed E-state index contributed by atoms with van der Waals surface area (Å²) < 4.78 is 123. The number of halogens is 9. The predicted octanol–water partition coefficient (Wildman–Crippen LogP) is 6.28. The van der Waals surface area contributed by atoms with Gasteiger partial charge in [0.1, 0.15) is 5.75 Å². The van der Waals surface area contributed by atoms with Crippen molar-refractivity contribution in [3.8, 4) is 5.75 Å². The maximum absolute atomic E-state index is 13.2. The van der Waals surface area contributed by atoms with Crippen LogP contribution in [0.3, 0.4) is 0 Å². The van der Waals surface area contributed by atoms with Gasteiger partial charge in [-0.15, -0.1) is 0 Å². The number of hydrogen-bond donors (Lipinski definition) is 1. The molecule has 0 radical (unpaired) electrons. The predicted molar refractivity (Wildman–Crippen MR) is 120 cm³/mol. The van der Waals surface area contributed by atoms with Gasteiger partial charge in [0.05, 0.1) is 24.2 Å². The van der Waals surface area contributed by atoms with Gasteiger partial charge in [0, 0.05) is 6.54 Å². The second-order valence-corrected chi connectivity index (χ2v) is 8.33. The minimum absolute atomic E-state index is 0.0156. The Labute approximate surface area is 217 Å². The molecule has 2 aromatic rings. The summed E-state index contributed by atoms with van der Waals surface area (Å²) in [4.78, 5) is 21.7. The molecule has 0 spiro atoms. The molecule has 0 aliphatic carbocycles. The Morgan fingerprint density at radius 3 is 2.03 bits per heavy atom. The lowest BCUT2D eigenvalue weighted by molar-refractivity contribution is -0.201. The van der Waals surface area contributed by atoms with E-state index in [1.807, 2.05) is 0 Å². The molecule has 0 unspecified atom stereocenters. The maximum Gasteiger partial charge on any atom is 0.491 e. The monoisotopic (exact) mass is 573 g/mol. The summed E-state index contributed by atoms with van der Waals surface area (Å²) in [6.45, 7) is 0.420. The summed E-state index contributed by atoms with van der Waals surface area (Å²) in [5, 5.41) is 2.83. The van der Waals surface area contributed by atoms with Gasteiger partial charge < -0.3 is 14.8 Å². The normalized spacial score (nSPS) is 12.3. The Kier molecular flexibility index (Phi) is 11.2. The summed E-state index contributed by atoms with van der Waals surface area (Å²) in [6.07, 6.45) is -14.2. The number of hydrogen-bond acceptors (Lipinski definition) is 5. The number of carbonyl (C=O) groups is 2. The molecule has 0 aliphatic rings. The van der Waals surface area contributed by atoms with Gasteiger partial charge in [0.2, 0.25) is 0 Å². The van der Waals surface area contributed by atoms with Crippen LogP contribution >= 0.6 is 0 Å². The second-order valence-electron chi connectivity index (χ2n) is 8.33. The maximum atomic E-state index is 13.2. The Hall–Kier alpha value is -3.29. The summed E-state index contributed by atoms with van der Waals surface area (Å²) in [5.74, 6) is -3.44. The number of rotatable bonds is 12. The lowest BCUT2D eigenvalue weighted by Crippen LogP contribution is -2.29. The van der Waals surface area contributed by atoms with Crippen molar-refractivity contribution < 1.29 is 58.6 Å². The zero-order valence-electron chi connectivity index (χ0n) is 20.2. The highest BCUT2D eigenvalue weighted by Gasteiger charge is 2.42. The quantitative estimate of drug-likeness (QED) is 0.140. The average Bonchev–Trinajstić information content (AvgIpc) is 2.83. The minimum Gasteiger partial charge on any atom is -0.494 e. The van der Waals surface area contributed by atoms with Gasteiger partial charge in [-0.2, -0.15) is 39.5 Å². The van der Waals surface area contributed by atoms with E-state index in [1.54, 1.807) is 24.3 Å². The number of nitrogens with one attached hydrogen (secondary N) is 1. The van der Waals surface area contributed by atoms with E-state index < -0.39 is 53.6 Å². The topological polar surface area (TPSA) is 64.6 Å².